The molecule has 1 aromatic rings. The van der Waals surface area contributed by atoms with Crippen LogP contribution in [0.5, 0.6) is 0 Å². The molecule has 0 spiro atoms. The molecule has 1 aliphatic rings. The monoisotopic (exact) mass is 511 g/mol. The van der Waals surface area contributed by atoms with Crippen LogP contribution in [-0.4, -0.2) is 7.50 Å². The van der Waals surface area contributed by atoms with Crippen molar-refractivity contribution in [3.8, 4) is 0 Å². The minimum atomic E-state index is -2.51. The molecule has 2 rings (SSSR count). The van der Waals surface area contributed by atoms with Crippen LogP contribution in [0.3, 0.4) is 0 Å². The van der Waals surface area contributed by atoms with E-state index in [2.05, 4.69) is 58.5 Å². The summed E-state index contributed by atoms with van der Waals surface area (Å²) in [6, 6.07) is 11.7. The van der Waals surface area contributed by atoms with Crippen LogP contribution in [0.4, 0.5) is 0 Å². The summed E-state index contributed by atoms with van der Waals surface area (Å²) in [5.74, 6) is 0.583. The Hall–Kier alpha value is 1.38. The van der Waals surface area contributed by atoms with Crippen molar-refractivity contribution in [2.45, 2.75) is 40.3 Å². The predicted octanol–water partition coefficient (Wildman–Crippen LogP) is 6.94. The average Bonchev–Trinajstić information content (AvgIpc) is 2.73. The minimum absolute atomic E-state index is 0.583. The molecule has 0 heterocycles. The van der Waals surface area contributed by atoms with Crippen molar-refractivity contribution in [2.24, 2.45) is 5.92 Å². The van der Waals surface area contributed by atoms with Crippen LogP contribution in [0.1, 0.15) is 27.7 Å². The molecular weight excluding hydrogens is 490 g/mol. The quantitative estimate of drug-likeness (QED) is 0.252. The summed E-state index contributed by atoms with van der Waals surface area (Å²) in [6.45, 7) is 11.6. The van der Waals surface area contributed by atoms with Crippen LogP contribution in [0.25, 0.3) is 0 Å². The number of hydrogen-bond donors (Lipinski definition) is 1. The van der Waals surface area contributed by atoms with Gasteiger partial charge in [0.25, 0.3) is 0 Å². The Labute approximate surface area is 170 Å². The zero-order valence-electron chi connectivity index (χ0n) is 14.7. The van der Waals surface area contributed by atoms with E-state index >= 15 is 0 Å². The van der Waals surface area contributed by atoms with Gasteiger partial charge in [0, 0.05) is 0 Å². The summed E-state index contributed by atoms with van der Waals surface area (Å²) in [4.78, 5) is 0. The Balaban J connectivity index is 2.50. The van der Waals surface area contributed by atoms with Gasteiger partial charge in [0.1, 0.15) is 0 Å². The fourth-order valence-corrected chi connectivity index (χ4v) is 50.9. The van der Waals surface area contributed by atoms with E-state index in [0.29, 0.717) is 5.92 Å². The first-order valence-electron chi connectivity index (χ1n) is 7.93. The fraction of sp³-hybridized carbons (Fsp3) is 0.412. The van der Waals surface area contributed by atoms with Gasteiger partial charge in [-0.1, -0.05) is 0 Å². The number of benzene rings is 1. The molecule has 0 amide bonds. The first-order valence-corrected chi connectivity index (χ1v) is 24.9. The normalized spacial score (nSPS) is 20.2. The number of halogens is 2. The van der Waals surface area contributed by atoms with Crippen LogP contribution in [0.15, 0.2) is 52.6 Å². The van der Waals surface area contributed by atoms with E-state index in [1.54, 1.807) is 5.57 Å². The molecule has 131 valence electrons. The Bertz CT molecular complexity index is 796. The van der Waals surface area contributed by atoms with Crippen LogP contribution < -0.4 is 5.30 Å². The van der Waals surface area contributed by atoms with Crippen molar-refractivity contribution in [1.29, 1.82) is 0 Å². The van der Waals surface area contributed by atoms with E-state index in [-0.39, 0.29) is 0 Å². The van der Waals surface area contributed by atoms with Crippen LogP contribution >= 0.6 is 31.8 Å². The first kappa shape index (κ1) is 21.7. The summed E-state index contributed by atoms with van der Waals surface area (Å²) < 4.78 is -1.73. The second-order valence-corrected chi connectivity index (χ2v) is 41.1. The number of allylic oxidation sites excluding steroid dienone is 4. The number of hydrogen-bond acceptors (Lipinski definition) is 0. The van der Waals surface area contributed by atoms with Gasteiger partial charge in [0.15, 0.2) is 0 Å². The SMILES string of the molecule is CC1=C(C)C(C)C(C[Si](C)=S=[P](S)(c2ccccc2)[Zr]([Cl])[Cl])=C1C. The Kier molecular flexibility index (Phi) is 8.17. The summed E-state index contributed by atoms with van der Waals surface area (Å²) in [6.07, 6.45) is 0. The van der Waals surface area contributed by atoms with Crippen molar-refractivity contribution in [2.75, 3.05) is 0 Å². The zero-order chi connectivity index (χ0) is 18.1. The molecule has 0 aliphatic heterocycles. The molecule has 0 saturated heterocycles. The first-order chi connectivity index (χ1) is 11.2. The van der Waals surface area contributed by atoms with E-state index in [1.807, 2.05) is 16.0 Å². The maximum atomic E-state index is 6.59. The molecule has 7 heteroatoms. The second-order valence-electron chi connectivity index (χ2n) is 6.30. The van der Waals surface area contributed by atoms with Crippen molar-refractivity contribution >= 4 is 54.6 Å². The third-order valence-corrected chi connectivity index (χ3v) is 53.5. The van der Waals surface area contributed by atoms with Gasteiger partial charge in [0.05, 0.1) is 0 Å². The molecule has 0 radical (unpaired) electrons. The molecular formula is C17H24Cl2PS2SiZr. The van der Waals surface area contributed by atoms with E-state index in [0.717, 1.165) is 0 Å². The predicted molar refractivity (Wildman–Crippen MR) is 118 cm³/mol. The Morgan fingerprint density at radius 3 is 2.21 bits per heavy atom. The van der Waals surface area contributed by atoms with E-state index in [1.165, 1.54) is 28.1 Å². The van der Waals surface area contributed by atoms with Crippen LogP contribution in [0.2, 0.25) is 12.6 Å². The molecule has 0 saturated carbocycles. The van der Waals surface area contributed by atoms with Crippen LogP contribution in [0, 0.1) is 5.92 Å². The third-order valence-electron chi connectivity index (χ3n) is 4.87. The summed E-state index contributed by atoms with van der Waals surface area (Å²) in [7, 11) is 14.6. The fourth-order valence-electron chi connectivity index (χ4n) is 3.07. The average molecular weight is 514 g/mol. The van der Waals surface area contributed by atoms with Gasteiger partial charge < -0.3 is 0 Å². The molecule has 0 fully saturated rings. The molecule has 2 atom stereocenters. The van der Waals surface area contributed by atoms with Gasteiger partial charge in [-0.2, -0.15) is 0 Å². The van der Waals surface area contributed by atoms with Gasteiger partial charge >= 0.3 is 172 Å². The molecule has 0 nitrogen and oxygen atoms in total. The van der Waals surface area contributed by atoms with Gasteiger partial charge in [0.2, 0.25) is 0 Å². The van der Waals surface area contributed by atoms with E-state index in [9.17, 15) is 0 Å². The van der Waals surface area contributed by atoms with E-state index in [4.69, 9.17) is 29.3 Å². The van der Waals surface area contributed by atoms with Crippen molar-refractivity contribution in [1.82, 2.24) is 0 Å². The summed E-state index contributed by atoms with van der Waals surface area (Å²) in [5, 5.41) is 1.28. The molecule has 24 heavy (non-hydrogen) atoms. The molecule has 0 N–H and O–H groups in total. The molecule has 1 aliphatic carbocycles. The summed E-state index contributed by atoms with van der Waals surface area (Å²) in [5.41, 5.74) is 6.14. The van der Waals surface area contributed by atoms with Crippen molar-refractivity contribution < 1.29 is 18.8 Å². The standard InChI is InChI=1S/C17H24PS2Si.2ClH.Zr/c1-12-13(2)15(4)17(14(12)3)11-21(5)20-18(19)16-9-7-6-8-10-16;;;/h6-10,14,19H,11H2,1-5H3;2*1H;/q+1;;;+1/p-2. The van der Waals surface area contributed by atoms with Gasteiger partial charge in [-0.3, -0.25) is 0 Å². The van der Waals surface area contributed by atoms with Gasteiger partial charge in [-0.15, -0.1) is 0 Å². The molecule has 0 bridgehead atoms. The van der Waals surface area contributed by atoms with Crippen LogP contribution in [-0.2, 0) is 28.7 Å². The van der Waals surface area contributed by atoms with Gasteiger partial charge in [-0.05, 0) is 0 Å². The maximum absolute atomic E-state index is 6.59. The Morgan fingerprint density at radius 2 is 1.75 bits per heavy atom. The molecule has 2 unspecified atom stereocenters. The Morgan fingerprint density at radius 1 is 1.17 bits per heavy atom. The van der Waals surface area contributed by atoms with E-state index < -0.39 is 28.8 Å². The summed E-state index contributed by atoms with van der Waals surface area (Å²) >= 11 is 2.61. The number of thiol groups is 1. The van der Waals surface area contributed by atoms with Crippen molar-refractivity contribution in [3.05, 3.63) is 52.6 Å². The molecule has 0 aromatic heterocycles. The third kappa shape index (κ3) is 4.61. The topological polar surface area (TPSA) is 0 Å². The van der Waals surface area contributed by atoms with Gasteiger partial charge in [-0.25, -0.2) is 0 Å². The second kappa shape index (κ2) is 9.05. The van der Waals surface area contributed by atoms with Crippen molar-refractivity contribution in [3.63, 3.8) is 0 Å². The number of rotatable bonds is 4. The molecule has 1 aromatic carbocycles. The zero-order valence-corrected chi connectivity index (χ0v) is 22.3.